The molecule has 0 aliphatic carbocycles. The Labute approximate surface area is 188 Å². The van der Waals surface area contributed by atoms with Crippen LogP contribution in [0.2, 0.25) is 0 Å². The van der Waals surface area contributed by atoms with Crippen molar-refractivity contribution < 1.29 is 24.1 Å². The summed E-state index contributed by atoms with van der Waals surface area (Å²) < 4.78 is 18.7. The summed E-state index contributed by atoms with van der Waals surface area (Å²) in [6, 6.07) is 17.3. The molecule has 0 unspecified atom stereocenters. The highest BCUT2D eigenvalue weighted by atomic mass is 16.5. The smallest absolute Gasteiger partial charge is 0.335 e. The van der Waals surface area contributed by atoms with Gasteiger partial charge in [-0.05, 0) is 50.1 Å². The summed E-state index contributed by atoms with van der Waals surface area (Å²) in [5.74, 6) is 0.879. The Morgan fingerprint density at radius 2 is 1.81 bits per heavy atom. The number of carboxylic acid groups (broad SMARTS) is 1. The number of aromatic nitrogens is 2. The van der Waals surface area contributed by atoms with Gasteiger partial charge in [0.1, 0.15) is 11.5 Å². The molecule has 2 aromatic carbocycles. The van der Waals surface area contributed by atoms with Crippen LogP contribution in [0.5, 0.6) is 11.5 Å². The molecule has 0 radical (unpaired) electrons. The number of nitrogens with zero attached hydrogens (tertiary/aromatic N) is 2. The average Bonchev–Trinajstić information content (AvgIpc) is 3.21. The van der Waals surface area contributed by atoms with Gasteiger partial charge in [-0.15, -0.1) is 0 Å². The van der Waals surface area contributed by atoms with Crippen molar-refractivity contribution >= 4 is 5.97 Å². The molecular formula is C25H30N2O5. The number of hydrogen-bond acceptors (Lipinski definition) is 5. The molecule has 3 rings (SSSR count). The monoisotopic (exact) mass is 438 g/mol. The Morgan fingerprint density at radius 3 is 2.50 bits per heavy atom. The molecule has 32 heavy (non-hydrogen) atoms. The Bertz CT molecular complexity index is 1070. The van der Waals surface area contributed by atoms with E-state index in [0.717, 1.165) is 22.7 Å². The van der Waals surface area contributed by atoms with Crippen LogP contribution in [0.3, 0.4) is 0 Å². The van der Waals surface area contributed by atoms with E-state index >= 15 is 0 Å². The first-order chi connectivity index (χ1) is 15.2. The standard InChI is InChI=1S/C25H30N2O5/c1-17(2)15-31-22-11-6-8-18(12-22)23-13-19(16-32-25(3,4)24(28)29)26-27(23)20-9-7-10-21(14-20)30-5/h6-14,17H,15-16H2,1-5H3,(H,28,29). The van der Waals surface area contributed by atoms with Crippen molar-refractivity contribution in [3.05, 3.63) is 60.3 Å². The fraction of sp³-hybridized carbons (Fsp3) is 0.360. The van der Waals surface area contributed by atoms with Crippen molar-refractivity contribution in [2.24, 2.45) is 5.92 Å². The molecule has 7 nitrogen and oxygen atoms in total. The molecule has 0 atom stereocenters. The van der Waals surface area contributed by atoms with E-state index < -0.39 is 11.6 Å². The minimum absolute atomic E-state index is 0.0623. The van der Waals surface area contributed by atoms with Gasteiger partial charge in [-0.25, -0.2) is 9.48 Å². The second-order valence-electron chi connectivity index (χ2n) is 8.47. The van der Waals surface area contributed by atoms with Gasteiger partial charge in [0.2, 0.25) is 0 Å². The third-order valence-electron chi connectivity index (χ3n) is 4.87. The van der Waals surface area contributed by atoms with Crippen molar-refractivity contribution in [2.75, 3.05) is 13.7 Å². The molecule has 7 heteroatoms. The van der Waals surface area contributed by atoms with Gasteiger partial charge in [0.25, 0.3) is 0 Å². The number of benzene rings is 2. The highest BCUT2D eigenvalue weighted by Gasteiger charge is 2.28. The molecule has 0 saturated carbocycles. The van der Waals surface area contributed by atoms with Crippen LogP contribution in [0, 0.1) is 5.92 Å². The van der Waals surface area contributed by atoms with Crippen molar-refractivity contribution in [1.82, 2.24) is 9.78 Å². The summed E-state index contributed by atoms with van der Waals surface area (Å²) >= 11 is 0. The van der Waals surface area contributed by atoms with Crippen LogP contribution in [0.1, 0.15) is 33.4 Å². The molecule has 0 bridgehead atoms. The first-order valence-electron chi connectivity index (χ1n) is 10.5. The Hall–Kier alpha value is -3.32. The molecule has 1 N–H and O–H groups in total. The summed E-state index contributed by atoms with van der Waals surface area (Å²) in [6.07, 6.45) is 0. The quantitative estimate of drug-likeness (QED) is 0.482. The molecule has 0 spiro atoms. The number of carboxylic acids is 1. The molecule has 170 valence electrons. The largest absolute Gasteiger partial charge is 0.497 e. The number of aliphatic carboxylic acids is 1. The van der Waals surface area contributed by atoms with Crippen molar-refractivity contribution in [2.45, 2.75) is 39.9 Å². The third-order valence-corrected chi connectivity index (χ3v) is 4.87. The summed E-state index contributed by atoms with van der Waals surface area (Å²) in [5.41, 5.74) is 1.87. The topological polar surface area (TPSA) is 82.8 Å². The first-order valence-corrected chi connectivity index (χ1v) is 10.5. The maximum atomic E-state index is 11.4. The fourth-order valence-electron chi connectivity index (χ4n) is 2.97. The van der Waals surface area contributed by atoms with E-state index in [1.54, 1.807) is 11.8 Å². The van der Waals surface area contributed by atoms with Gasteiger partial charge in [-0.1, -0.05) is 32.0 Å². The van der Waals surface area contributed by atoms with Gasteiger partial charge in [-0.2, -0.15) is 5.10 Å². The minimum Gasteiger partial charge on any atom is -0.497 e. The molecule has 1 heterocycles. The molecule has 0 aliphatic heterocycles. The summed E-state index contributed by atoms with van der Waals surface area (Å²) in [5, 5.41) is 14.0. The lowest BCUT2D eigenvalue weighted by Gasteiger charge is -2.19. The molecule has 0 saturated heterocycles. The van der Waals surface area contributed by atoms with Crippen LogP contribution in [-0.2, 0) is 16.1 Å². The summed E-state index contributed by atoms with van der Waals surface area (Å²) in [6.45, 7) is 7.93. The van der Waals surface area contributed by atoms with E-state index in [4.69, 9.17) is 19.3 Å². The van der Waals surface area contributed by atoms with Gasteiger partial charge in [0.05, 0.1) is 37.4 Å². The van der Waals surface area contributed by atoms with E-state index in [0.29, 0.717) is 24.0 Å². The van der Waals surface area contributed by atoms with E-state index in [2.05, 4.69) is 13.8 Å². The van der Waals surface area contributed by atoms with Crippen molar-refractivity contribution in [3.8, 4) is 28.4 Å². The molecule has 1 aromatic heterocycles. The molecular weight excluding hydrogens is 408 g/mol. The fourth-order valence-corrected chi connectivity index (χ4v) is 2.97. The van der Waals surface area contributed by atoms with Crippen molar-refractivity contribution in [1.29, 1.82) is 0 Å². The second-order valence-corrected chi connectivity index (χ2v) is 8.47. The number of rotatable bonds is 10. The highest BCUT2D eigenvalue weighted by molar-refractivity contribution is 5.76. The average molecular weight is 439 g/mol. The van der Waals surface area contributed by atoms with E-state index in [1.807, 2.05) is 54.6 Å². The summed E-state index contributed by atoms with van der Waals surface area (Å²) in [7, 11) is 1.62. The second kappa shape index (κ2) is 9.87. The van der Waals surface area contributed by atoms with E-state index in [-0.39, 0.29) is 6.61 Å². The highest BCUT2D eigenvalue weighted by Crippen LogP contribution is 2.29. The number of hydrogen-bond donors (Lipinski definition) is 1. The maximum absolute atomic E-state index is 11.4. The Morgan fingerprint density at radius 1 is 1.09 bits per heavy atom. The van der Waals surface area contributed by atoms with Crippen LogP contribution in [0.4, 0.5) is 0 Å². The lowest BCUT2D eigenvalue weighted by molar-refractivity contribution is -0.162. The minimum atomic E-state index is -1.31. The van der Waals surface area contributed by atoms with Gasteiger partial charge in [0.15, 0.2) is 5.60 Å². The first kappa shape index (κ1) is 23.3. The van der Waals surface area contributed by atoms with Crippen LogP contribution in [0.15, 0.2) is 54.6 Å². The van der Waals surface area contributed by atoms with E-state index in [9.17, 15) is 9.90 Å². The third kappa shape index (κ3) is 5.68. The predicted molar refractivity (Wildman–Crippen MR) is 122 cm³/mol. The Kier molecular flexibility index (Phi) is 7.20. The van der Waals surface area contributed by atoms with Gasteiger partial charge >= 0.3 is 5.97 Å². The van der Waals surface area contributed by atoms with Gasteiger partial charge < -0.3 is 19.3 Å². The van der Waals surface area contributed by atoms with E-state index in [1.165, 1.54) is 13.8 Å². The van der Waals surface area contributed by atoms with Crippen LogP contribution in [-0.4, -0.2) is 40.2 Å². The summed E-state index contributed by atoms with van der Waals surface area (Å²) in [4.78, 5) is 11.4. The zero-order valence-corrected chi connectivity index (χ0v) is 19.2. The number of ether oxygens (including phenoxy) is 3. The van der Waals surface area contributed by atoms with Crippen LogP contribution in [0.25, 0.3) is 16.9 Å². The lowest BCUT2D eigenvalue weighted by Crippen LogP contribution is -2.34. The van der Waals surface area contributed by atoms with Crippen LogP contribution < -0.4 is 9.47 Å². The van der Waals surface area contributed by atoms with Crippen molar-refractivity contribution in [3.63, 3.8) is 0 Å². The SMILES string of the molecule is COc1cccc(-n2nc(COC(C)(C)C(=O)O)cc2-c2cccc(OCC(C)C)c2)c1. The maximum Gasteiger partial charge on any atom is 0.335 e. The molecule has 0 amide bonds. The predicted octanol–water partition coefficient (Wildman–Crippen LogP) is 4.96. The number of methoxy groups -OCH3 is 1. The normalized spacial score (nSPS) is 11.6. The molecule has 3 aromatic rings. The van der Waals surface area contributed by atoms with Gasteiger partial charge in [0, 0.05) is 11.6 Å². The lowest BCUT2D eigenvalue weighted by atomic mass is 10.1. The Balaban J connectivity index is 2.00. The van der Waals surface area contributed by atoms with Gasteiger partial charge in [-0.3, -0.25) is 0 Å². The molecule has 0 aliphatic rings. The molecule has 0 fully saturated rings. The zero-order valence-electron chi connectivity index (χ0n) is 19.2. The van der Waals surface area contributed by atoms with Crippen LogP contribution >= 0.6 is 0 Å². The number of carbonyl (C=O) groups is 1. The zero-order chi connectivity index (χ0) is 23.3.